The summed E-state index contributed by atoms with van der Waals surface area (Å²) in [6.07, 6.45) is 5.59. The topological polar surface area (TPSA) is 108 Å². The SMILES string of the molecule is O=C1CCC(N2Cc3cc(-c4cc(CN5CCC(O)C5)c5ccn(C6CC6)c5n4)ccc3C2=O)C(=O)N1. The second-order valence-corrected chi connectivity index (χ2v) is 10.8. The summed E-state index contributed by atoms with van der Waals surface area (Å²) in [5, 5.41) is 13.5. The van der Waals surface area contributed by atoms with Gasteiger partial charge in [-0.25, -0.2) is 4.98 Å². The Morgan fingerprint density at radius 1 is 1.05 bits per heavy atom. The average Bonchev–Trinajstić information content (AvgIpc) is 3.36. The zero-order valence-electron chi connectivity index (χ0n) is 20.5. The lowest BCUT2D eigenvalue weighted by Gasteiger charge is -2.29. The first-order valence-corrected chi connectivity index (χ1v) is 13.1. The van der Waals surface area contributed by atoms with Crippen molar-refractivity contribution in [1.82, 2.24) is 24.7 Å². The Bertz CT molecular complexity index is 1460. The molecule has 2 unspecified atom stereocenters. The number of carbonyl (C=O) groups is 3. The van der Waals surface area contributed by atoms with Crippen molar-refractivity contribution in [2.45, 2.75) is 63.4 Å². The van der Waals surface area contributed by atoms with Crippen molar-refractivity contribution >= 4 is 28.8 Å². The third kappa shape index (κ3) is 3.93. The predicted octanol–water partition coefficient (Wildman–Crippen LogP) is 2.37. The molecule has 5 heterocycles. The third-order valence-electron chi connectivity index (χ3n) is 8.17. The molecule has 1 saturated carbocycles. The molecular weight excluding hydrogens is 470 g/mol. The van der Waals surface area contributed by atoms with Gasteiger partial charge in [0.15, 0.2) is 0 Å². The van der Waals surface area contributed by atoms with E-state index in [1.165, 1.54) is 18.4 Å². The van der Waals surface area contributed by atoms with Crippen LogP contribution in [0.2, 0.25) is 0 Å². The average molecular weight is 500 g/mol. The molecule has 1 aliphatic carbocycles. The van der Waals surface area contributed by atoms with Crippen molar-refractivity contribution in [1.29, 1.82) is 0 Å². The Kier molecular flexibility index (Phi) is 5.19. The van der Waals surface area contributed by atoms with Crippen LogP contribution in [0, 0.1) is 0 Å². The molecule has 0 spiro atoms. The second kappa shape index (κ2) is 8.49. The normalized spacial score (nSPS) is 24.2. The van der Waals surface area contributed by atoms with Crippen LogP contribution in [0.15, 0.2) is 36.5 Å². The number of likely N-dealkylation sites (tertiary alicyclic amines) is 1. The fourth-order valence-corrected chi connectivity index (χ4v) is 6.05. The first-order chi connectivity index (χ1) is 17.9. The molecule has 3 amide bonds. The summed E-state index contributed by atoms with van der Waals surface area (Å²) in [6.45, 7) is 2.65. The fourth-order valence-electron chi connectivity index (χ4n) is 6.05. The molecule has 4 aliphatic rings. The second-order valence-electron chi connectivity index (χ2n) is 10.8. The first kappa shape index (κ1) is 22.6. The van der Waals surface area contributed by atoms with E-state index in [1.807, 2.05) is 18.2 Å². The number of imide groups is 1. The van der Waals surface area contributed by atoms with Gasteiger partial charge in [0, 0.05) is 61.4 Å². The molecule has 0 bridgehead atoms. The summed E-state index contributed by atoms with van der Waals surface area (Å²) in [7, 11) is 0. The molecule has 2 saturated heterocycles. The van der Waals surface area contributed by atoms with E-state index in [0.29, 0.717) is 31.1 Å². The quantitative estimate of drug-likeness (QED) is 0.522. The Balaban J connectivity index is 1.24. The number of aromatic nitrogens is 2. The number of hydrogen-bond donors (Lipinski definition) is 2. The van der Waals surface area contributed by atoms with Gasteiger partial charge in [0.25, 0.3) is 5.91 Å². The van der Waals surface area contributed by atoms with Crippen molar-refractivity contribution in [3.05, 3.63) is 53.2 Å². The van der Waals surface area contributed by atoms with Crippen molar-refractivity contribution in [3.8, 4) is 11.3 Å². The Labute approximate surface area is 214 Å². The van der Waals surface area contributed by atoms with E-state index in [1.54, 1.807) is 4.90 Å². The summed E-state index contributed by atoms with van der Waals surface area (Å²) in [5.41, 5.74) is 5.44. The van der Waals surface area contributed by atoms with Crippen molar-refractivity contribution < 1.29 is 19.5 Å². The van der Waals surface area contributed by atoms with Crippen LogP contribution >= 0.6 is 0 Å². The number of amides is 3. The van der Waals surface area contributed by atoms with Gasteiger partial charge >= 0.3 is 0 Å². The lowest BCUT2D eigenvalue weighted by Crippen LogP contribution is -2.52. The van der Waals surface area contributed by atoms with Gasteiger partial charge in [0.2, 0.25) is 11.8 Å². The summed E-state index contributed by atoms with van der Waals surface area (Å²) in [5.74, 6) is -0.859. The van der Waals surface area contributed by atoms with Crippen LogP contribution in [0.3, 0.4) is 0 Å². The Morgan fingerprint density at radius 2 is 1.92 bits per heavy atom. The van der Waals surface area contributed by atoms with E-state index in [4.69, 9.17) is 4.98 Å². The number of piperidine rings is 1. The van der Waals surface area contributed by atoms with Gasteiger partial charge in [0.05, 0.1) is 11.8 Å². The maximum atomic E-state index is 13.1. The number of β-amino-alcohol motifs (C(OH)–C–C–N with tert-alkyl or cyclic N) is 1. The number of hydrogen-bond acceptors (Lipinski definition) is 6. The van der Waals surface area contributed by atoms with Crippen molar-refractivity contribution in [2.24, 2.45) is 0 Å². The number of benzene rings is 1. The van der Waals surface area contributed by atoms with Crippen LogP contribution in [0.5, 0.6) is 0 Å². The number of fused-ring (bicyclic) bond motifs is 2. The van der Waals surface area contributed by atoms with E-state index < -0.39 is 11.9 Å². The van der Waals surface area contributed by atoms with Crippen molar-refractivity contribution in [2.75, 3.05) is 13.1 Å². The molecule has 2 atom stereocenters. The molecular formula is C28H29N5O4. The number of carbonyl (C=O) groups excluding carboxylic acids is 3. The zero-order chi connectivity index (χ0) is 25.3. The number of aliphatic hydroxyl groups excluding tert-OH is 1. The fraction of sp³-hybridized carbons (Fsp3) is 0.429. The lowest BCUT2D eigenvalue weighted by molar-refractivity contribution is -0.136. The maximum Gasteiger partial charge on any atom is 0.255 e. The largest absolute Gasteiger partial charge is 0.392 e. The van der Waals surface area contributed by atoms with Gasteiger partial charge in [-0.3, -0.25) is 24.6 Å². The van der Waals surface area contributed by atoms with Gasteiger partial charge in [-0.05, 0) is 61.1 Å². The Morgan fingerprint density at radius 3 is 2.68 bits per heavy atom. The minimum Gasteiger partial charge on any atom is -0.392 e. The van der Waals surface area contributed by atoms with Crippen molar-refractivity contribution in [3.63, 3.8) is 0 Å². The highest BCUT2D eigenvalue weighted by Crippen LogP contribution is 2.39. The van der Waals surface area contributed by atoms with Gasteiger partial charge in [0.1, 0.15) is 11.7 Å². The minimum absolute atomic E-state index is 0.171. The number of nitrogens with zero attached hydrogens (tertiary/aromatic N) is 4. The molecule has 2 aromatic heterocycles. The monoisotopic (exact) mass is 499 g/mol. The number of pyridine rings is 1. The maximum absolute atomic E-state index is 13.1. The van der Waals surface area contributed by atoms with Crippen LogP contribution in [-0.4, -0.2) is 67.4 Å². The molecule has 9 heteroatoms. The van der Waals surface area contributed by atoms with Crippen LogP contribution in [0.25, 0.3) is 22.3 Å². The molecule has 9 nitrogen and oxygen atoms in total. The molecule has 3 fully saturated rings. The highest BCUT2D eigenvalue weighted by Gasteiger charge is 2.39. The van der Waals surface area contributed by atoms with E-state index in [9.17, 15) is 19.5 Å². The molecule has 0 radical (unpaired) electrons. The van der Waals surface area contributed by atoms with Gasteiger partial charge in [-0.15, -0.1) is 0 Å². The first-order valence-electron chi connectivity index (χ1n) is 13.1. The van der Waals surface area contributed by atoms with Gasteiger partial charge in [-0.2, -0.15) is 0 Å². The summed E-state index contributed by atoms with van der Waals surface area (Å²) in [4.78, 5) is 46.1. The molecule has 37 heavy (non-hydrogen) atoms. The highest BCUT2D eigenvalue weighted by atomic mass is 16.3. The van der Waals surface area contributed by atoms with Crippen LogP contribution in [0.1, 0.15) is 59.6 Å². The smallest absolute Gasteiger partial charge is 0.255 e. The van der Waals surface area contributed by atoms with Crippen LogP contribution < -0.4 is 5.32 Å². The zero-order valence-corrected chi connectivity index (χ0v) is 20.5. The summed E-state index contributed by atoms with van der Waals surface area (Å²) < 4.78 is 2.28. The number of rotatable bonds is 5. The van der Waals surface area contributed by atoms with Crippen LogP contribution in [0.4, 0.5) is 0 Å². The molecule has 7 rings (SSSR count). The molecule has 190 valence electrons. The van der Waals surface area contributed by atoms with Crippen LogP contribution in [-0.2, 0) is 22.7 Å². The Hall–Kier alpha value is -3.56. The molecule has 1 aromatic carbocycles. The van der Waals surface area contributed by atoms with E-state index >= 15 is 0 Å². The van der Waals surface area contributed by atoms with E-state index in [0.717, 1.165) is 47.4 Å². The van der Waals surface area contributed by atoms with E-state index in [2.05, 4.69) is 33.1 Å². The highest BCUT2D eigenvalue weighted by molar-refractivity contribution is 6.05. The molecule has 2 N–H and O–H groups in total. The molecule has 3 aliphatic heterocycles. The summed E-state index contributed by atoms with van der Waals surface area (Å²) >= 11 is 0. The molecule has 3 aromatic rings. The van der Waals surface area contributed by atoms with Gasteiger partial charge in [-0.1, -0.05) is 6.07 Å². The number of aliphatic hydroxyl groups is 1. The van der Waals surface area contributed by atoms with Gasteiger partial charge < -0.3 is 14.6 Å². The van der Waals surface area contributed by atoms with E-state index in [-0.39, 0.29) is 24.3 Å². The predicted molar refractivity (Wildman–Crippen MR) is 135 cm³/mol. The third-order valence-corrected chi connectivity index (χ3v) is 8.17. The standard InChI is InChI=1S/C28H29N5O4/c34-20-7-9-31(15-20)13-18-12-23(29-26-21(18)8-10-32(26)19-2-3-19)16-1-4-22-17(11-16)14-33(28(22)37)24-5-6-25(35)30-27(24)36/h1,4,8,10-12,19-20,24,34H,2-3,5-7,9,13-15H2,(H,30,35,36). The number of nitrogens with one attached hydrogen (secondary N) is 1. The lowest BCUT2D eigenvalue weighted by atomic mass is 10.0. The summed E-state index contributed by atoms with van der Waals surface area (Å²) in [6, 6.07) is 9.96. The minimum atomic E-state index is -0.625.